The Morgan fingerprint density at radius 1 is 0.895 bits per heavy atom. The molecule has 2 nitrogen and oxygen atoms in total. The molecule has 0 radical (unpaired) electrons. The number of nitriles is 1. The van der Waals surface area contributed by atoms with Crippen LogP contribution in [0.2, 0.25) is 0 Å². The van der Waals surface area contributed by atoms with Crippen molar-refractivity contribution in [1.82, 2.24) is 4.98 Å². The average molecular weight is 262 g/mol. The number of fused-ring (bicyclic) bond motifs is 1. The maximum absolute atomic E-state index is 8.85. The molecule has 19 heavy (non-hydrogen) atoms. The fourth-order valence-electron chi connectivity index (χ4n) is 1.90. The quantitative estimate of drug-likeness (QED) is 0.692. The zero-order valence-corrected chi connectivity index (χ0v) is 10.9. The molecule has 2 aromatic carbocycles. The summed E-state index contributed by atoms with van der Waals surface area (Å²) in [7, 11) is 0. The maximum Gasteiger partial charge on any atom is 0.141 e. The minimum absolute atomic E-state index is 0.450. The molecular formula is C16H10N2S. The van der Waals surface area contributed by atoms with Gasteiger partial charge in [-0.15, -0.1) is 0 Å². The molecule has 3 rings (SSSR count). The third kappa shape index (κ3) is 2.59. The van der Waals surface area contributed by atoms with Gasteiger partial charge in [0.25, 0.3) is 0 Å². The molecule has 0 fully saturated rings. The summed E-state index contributed by atoms with van der Waals surface area (Å²) in [6.07, 6.45) is 1.67. The van der Waals surface area contributed by atoms with Gasteiger partial charge in [-0.25, -0.2) is 4.98 Å². The van der Waals surface area contributed by atoms with Gasteiger partial charge in [-0.2, -0.15) is 5.26 Å². The molecule has 1 aromatic heterocycles. The minimum atomic E-state index is 0.450. The van der Waals surface area contributed by atoms with Crippen molar-refractivity contribution in [2.75, 3.05) is 0 Å². The second-order valence-electron chi connectivity index (χ2n) is 4.10. The highest BCUT2D eigenvalue weighted by molar-refractivity contribution is 7.99. The third-order valence-corrected chi connectivity index (χ3v) is 3.78. The first kappa shape index (κ1) is 11.8. The second kappa shape index (κ2) is 5.13. The van der Waals surface area contributed by atoms with Crippen LogP contribution >= 0.6 is 11.8 Å². The van der Waals surface area contributed by atoms with E-state index in [4.69, 9.17) is 5.26 Å². The van der Waals surface area contributed by atoms with Gasteiger partial charge in [0.1, 0.15) is 11.8 Å². The first-order valence-corrected chi connectivity index (χ1v) is 6.69. The van der Waals surface area contributed by atoms with Gasteiger partial charge < -0.3 is 0 Å². The Balaban J connectivity index is 1.94. The molecule has 0 aliphatic heterocycles. The summed E-state index contributed by atoms with van der Waals surface area (Å²) in [5, 5.41) is 11.3. The van der Waals surface area contributed by atoms with E-state index in [9.17, 15) is 0 Å². The van der Waals surface area contributed by atoms with E-state index in [0.29, 0.717) is 5.69 Å². The van der Waals surface area contributed by atoms with Crippen LogP contribution in [0, 0.1) is 11.3 Å². The van der Waals surface area contributed by atoms with Gasteiger partial charge in [-0.1, -0.05) is 42.1 Å². The van der Waals surface area contributed by atoms with Crippen LogP contribution in [-0.2, 0) is 0 Å². The first-order valence-electron chi connectivity index (χ1n) is 5.88. The number of benzene rings is 2. The number of hydrogen-bond acceptors (Lipinski definition) is 3. The molecule has 0 spiro atoms. The third-order valence-electron chi connectivity index (χ3n) is 2.80. The summed E-state index contributed by atoms with van der Waals surface area (Å²) >= 11 is 1.64. The molecule has 0 aliphatic carbocycles. The highest BCUT2D eigenvalue weighted by Gasteiger charge is 2.01. The lowest BCUT2D eigenvalue weighted by Gasteiger charge is -2.03. The highest BCUT2D eigenvalue weighted by atomic mass is 32.2. The summed E-state index contributed by atoms with van der Waals surface area (Å²) in [6.45, 7) is 0. The molecule has 0 N–H and O–H groups in total. The van der Waals surface area contributed by atoms with E-state index in [0.717, 1.165) is 9.79 Å². The normalized spacial score (nSPS) is 10.3. The molecule has 0 atom stereocenters. The Kier molecular flexibility index (Phi) is 3.18. The van der Waals surface area contributed by atoms with Crippen LogP contribution in [0.25, 0.3) is 10.8 Å². The van der Waals surface area contributed by atoms with Crippen LogP contribution in [0.1, 0.15) is 5.69 Å². The van der Waals surface area contributed by atoms with Crippen LogP contribution in [0.4, 0.5) is 0 Å². The highest BCUT2D eigenvalue weighted by Crippen LogP contribution is 2.30. The van der Waals surface area contributed by atoms with E-state index in [1.165, 1.54) is 10.8 Å². The summed E-state index contributed by atoms with van der Waals surface area (Å²) in [5.74, 6) is 0. The van der Waals surface area contributed by atoms with E-state index in [-0.39, 0.29) is 0 Å². The van der Waals surface area contributed by atoms with Crippen LogP contribution in [-0.4, -0.2) is 4.98 Å². The predicted molar refractivity (Wildman–Crippen MR) is 77.0 cm³/mol. The van der Waals surface area contributed by atoms with E-state index in [1.54, 1.807) is 24.0 Å². The summed E-state index contributed by atoms with van der Waals surface area (Å²) in [6, 6.07) is 20.4. The summed E-state index contributed by atoms with van der Waals surface area (Å²) in [5.41, 5.74) is 0.450. The van der Waals surface area contributed by atoms with Crippen molar-refractivity contribution in [2.45, 2.75) is 9.79 Å². The fourth-order valence-corrected chi connectivity index (χ4v) is 2.80. The molecule has 90 valence electrons. The van der Waals surface area contributed by atoms with E-state index >= 15 is 0 Å². The summed E-state index contributed by atoms with van der Waals surface area (Å²) < 4.78 is 0. The molecule has 3 aromatic rings. The topological polar surface area (TPSA) is 36.7 Å². The molecule has 0 saturated carbocycles. The molecule has 3 heteroatoms. The van der Waals surface area contributed by atoms with Crippen molar-refractivity contribution in [2.24, 2.45) is 0 Å². The molecule has 0 aliphatic rings. The van der Waals surface area contributed by atoms with Gasteiger partial charge >= 0.3 is 0 Å². The standard InChI is InChI=1S/C16H10N2S/c17-11-14-10-16(7-8-18-14)19-15-6-5-12-3-1-2-4-13(12)9-15/h1-10H. The monoisotopic (exact) mass is 262 g/mol. The maximum atomic E-state index is 8.85. The second-order valence-corrected chi connectivity index (χ2v) is 5.25. The Hall–Kier alpha value is -2.31. The minimum Gasteiger partial charge on any atom is -0.245 e. The zero-order valence-electron chi connectivity index (χ0n) is 10.1. The smallest absolute Gasteiger partial charge is 0.141 e. The molecular weight excluding hydrogens is 252 g/mol. The fraction of sp³-hybridized carbons (Fsp3) is 0. The number of nitrogens with zero attached hydrogens (tertiary/aromatic N) is 2. The molecule has 0 bridgehead atoms. The Labute approximate surface area is 115 Å². The number of pyridine rings is 1. The lowest BCUT2D eigenvalue weighted by atomic mass is 10.1. The SMILES string of the molecule is N#Cc1cc(Sc2ccc3ccccc3c2)ccn1. The molecule has 0 amide bonds. The van der Waals surface area contributed by atoms with Gasteiger partial charge in [0, 0.05) is 16.0 Å². The van der Waals surface area contributed by atoms with Crippen LogP contribution in [0.3, 0.4) is 0 Å². The predicted octanol–water partition coefficient (Wildman–Crippen LogP) is 4.26. The van der Waals surface area contributed by atoms with Crippen LogP contribution in [0.15, 0.2) is 70.6 Å². The van der Waals surface area contributed by atoms with Gasteiger partial charge in [0.15, 0.2) is 0 Å². The van der Waals surface area contributed by atoms with Crippen molar-refractivity contribution < 1.29 is 0 Å². The van der Waals surface area contributed by atoms with Gasteiger partial charge in [0.05, 0.1) is 0 Å². The van der Waals surface area contributed by atoms with Gasteiger partial charge in [0.2, 0.25) is 0 Å². The average Bonchev–Trinajstić information content (AvgIpc) is 2.47. The van der Waals surface area contributed by atoms with Gasteiger partial charge in [-0.05, 0) is 35.0 Å². The van der Waals surface area contributed by atoms with Crippen molar-refractivity contribution >= 4 is 22.5 Å². The number of rotatable bonds is 2. The van der Waals surface area contributed by atoms with E-state index in [2.05, 4.69) is 41.4 Å². The Bertz CT molecular complexity index is 775. The van der Waals surface area contributed by atoms with Crippen molar-refractivity contribution in [3.8, 4) is 6.07 Å². The van der Waals surface area contributed by atoms with Crippen LogP contribution in [0.5, 0.6) is 0 Å². The molecule has 0 unspecified atom stereocenters. The summed E-state index contributed by atoms with van der Waals surface area (Å²) in [4.78, 5) is 6.17. The number of aromatic nitrogens is 1. The lowest BCUT2D eigenvalue weighted by molar-refractivity contribution is 1.21. The van der Waals surface area contributed by atoms with E-state index in [1.807, 2.05) is 18.2 Å². The van der Waals surface area contributed by atoms with Gasteiger partial charge in [-0.3, -0.25) is 0 Å². The van der Waals surface area contributed by atoms with Crippen molar-refractivity contribution in [3.05, 3.63) is 66.5 Å². The van der Waals surface area contributed by atoms with Crippen LogP contribution < -0.4 is 0 Å². The zero-order chi connectivity index (χ0) is 13.1. The van der Waals surface area contributed by atoms with Crippen molar-refractivity contribution in [1.29, 1.82) is 5.26 Å². The largest absolute Gasteiger partial charge is 0.245 e. The Morgan fingerprint density at radius 2 is 1.68 bits per heavy atom. The first-order chi connectivity index (χ1) is 9.35. The molecule has 0 saturated heterocycles. The van der Waals surface area contributed by atoms with Crippen molar-refractivity contribution in [3.63, 3.8) is 0 Å². The molecule has 1 heterocycles. The van der Waals surface area contributed by atoms with E-state index < -0.39 is 0 Å². The lowest BCUT2D eigenvalue weighted by Crippen LogP contribution is -1.82. The Morgan fingerprint density at radius 3 is 2.53 bits per heavy atom. The number of hydrogen-bond donors (Lipinski definition) is 0.